The second kappa shape index (κ2) is 9.36. The summed E-state index contributed by atoms with van der Waals surface area (Å²) >= 11 is 1.41. The number of fused-ring (bicyclic) bond motifs is 1. The average Bonchev–Trinajstić information content (AvgIpc) is 3.16. The lowest BCUT2D eigenvalue weighted by atomic mass is 9.95. The van der Waals surface area contributed by atoms with Gasteiger partial charge in [0.25, 0.3) is 15.9 Å². The van der Waals surface area contributed by atoms with E-state index in [1.165, 1.54) is 42.7 Å². The lowest BCUT2D eigenvalue weighted by Gasteiger charge is -2.12. The zero-order chi connectivity index (χ0) is 23.6. The third-order valence-electron chi connectivity index (χ3n) is 5.52. The predicted octanol–water partition coefficient (Wildman–Crippen LogP) is 4.78. The molecule has 0 saturated carbocycles. The Morgan fingerprint density at radius 3 is 2.30 bits per heavy atom. The molecule has 172 valence electrons. The highest BCUT2D eigenvalue weighted by Crippen LogP contribution is 2.38. The molecule has 4 rings (SSSR count). The van der Waals surface area contributed by atoms with Crippen LogP contribution in [0.5, 0.6) is 0 Å². The zero-order valence-electron chi connectivity index (χ0n) is 18.3. The number of nitrogens with one attached hydrogen (secondary N) is 2. The van der Waals surface area contributed by atoms with Crippen LogP contribution in [0, 0.1) is 6.92 Å². The van der Waals surface area contributed by atoms with Crippen LogP contribution in [0.4, 0.5) is 10.7 Å². The van der Waals surface area contributed by atoms with Crippen LogP contribution in [0.15, 0.2) is 53.4 Å². The van der Waals surface area contributed by atoms with Crippen molar-refractivity contribution in [1.29, 1.82) is 0 Å². The summed E-state index contributed by atoms with van der Waals surface area (Å²) < 4.78 is 32.6. The van der Waals surface area contributed by atoms with Crippen LogP contribution in [0.2, 0.25) is 0 Å². The Morgan fingerprint density at radius 1 is 0.970 bits per heavy atom. The van der Waals surface area contributed by atoms with E-state index in [0.29, 0.717) is 21.8 Å². The van der Waals surface area contributed by atoms with Gasteiger partial charge in [0.15, 0.2) is 0 Å². The molecule has 0 fully saturated rings. The van der Waals surface area contributed by atoms with Crippen molar-refractivity contribution in [2.24, 2.45) is 0 Å². The van der Waals surface area contributed by atoms with Gasteiger partial charge in [-0.25, -0.2) is 13.2 Å². The minimum atomic E-state index is -3.73. The monoisotopic (exact) mass is 484 g/mol. The first-order chi connectivity index (χ1) is 15.8. The maximum atomic E-state index is 12.8. The normalized spacial score (nSPS) is 13.2. The van der Waals surface area contributed by atoms with Gasteiger partial charge in [0.05, 0.1) is 17.6 Å². The molecule has 0 bridgehead atoms. The van der Waals surface area contributed by atoms with Crippen LogP contribution in [0.3, 0.4) is 0 Å². The van der Waals surface area contributed by atoms with Gasteiger partial charge >= 0.3 is 5.97 Å². The van der Waals surface area contributed by atoms with Gasteiger partial charge in [-0.05, 0) is 74.6 Å². The number of carbonyl (C=O) groups is 2. The molecule has 0 spiro atoms. The van der Waals surface area contributed by atoms with E-state index in [1.807, 2.05) is 6.92 Å². The highest BCUT2D eigenvalue weighted by molar-refractivity contribution is 7.92. The zero-order valence-corrected chi connectivity index (χ0v) is 19.9. The number of anilines is 2. The summed E-state index contributed by atoms with van der Waals surface area (Å²) in [5.41, 5.74) is 3.05. The van der Waals surface area contributed by atoms with Gasteiger partial charge < -0.3 is 10.1 Å². The predicted molar refractivity (Wildman–Crippen MR) is 129 cm³/mol. The number of benzene rings is 2. The fourth-order valence-electron chi connectivity index (χ4n) is 3.77. The number of methoxy groups -OCH3 is 1. The van der Waals surface area contributed by atoms with Gasteiger partial charge in [-0.15, -0.1) is 11.3 Å². The Bertz CT molecular complexity index is 1290. The minimum Gasteiger partial charge on any atom is -0.465 e. The highest BCUT2D eigenvalue weighted by atomic mass is 32.2. The summed E-state index contributed by atoms with van der Waals surface area (Å²) in [5.74, 6) is -0.836. The number of esters is 1. The van der Waals surface area contributed by atoms with Crippen LogP contribution >= 0.6 is 11.3 Å². The molecule has 7 nitrogen and oxygen atoms in total. The molecule has 0 radical (unpaired) electrons. The molecule has 2 N–H and O–H groups in total. The molecule has 0 unspecified atom stereocenters. The first-order valence-electron chi connectivity index (χ1n) is 10.5. The minimum absolute atomic E-state index is 0.159. The molecule has 1 aliphatic carbocycles. The van der Waals surface area contributed by atoms with Crippen LogP contribution in [0.1, 0.15) is 49.6 Å². The van der Waals surface area contributed by atoms with E-state index in [2.05, 4.69) is 10.0 Å². The molecule has 1 aliphatic rings. The molecule has 33 heavy (non-hydrogen) atoms. The molecule has 9 heteroatoms. The van der Waals surface area contributed by atoms with E-state index in [-0.39, 0.29) is 10.8 Å². The number of hydrogen-bond acceptors (Lipinski definition) is 6. The largest absolute Gasteiger partial charge is 0.465 e. The van der Waals surface area contributed by atoms with Crippen LogP contribution < -0.4 is 10.0 Å². The first kappa shape index (κ1) is 23.0. The maximum absolute atomic E-state index is 12.8. The van der Waals surface area contributed by atoms with Gasteiger partial charge in [-0.1, -0.05) is 17.7 Å². The van der Waals surface area contributed by atoms with E-state index in [9.17, 15) is 18.0 Å². The van der Waals surface area contributed by atoms with Crippen LogP contribution in [0.25, 0.3) is 0 Å². The van der Waals surface area contributed by atoms with Crippen molar-refractivity contribution in [3.05, 3.63) is 75.7 Å². The summed E-state index contributed by atoms with van der Waals surface area (Å²) in [5, 5.41) is 3.33. The Morgan fingerprint density at radius 2 is 1.64 bits per heavy atom. The molecule has 0 aliphatic heterocycles. The molecule has 0 saturated heterocycles. The van der Waals surface area contributed by atoms with Gasteiger partial charge in [0.2, 0.25) is 0 Å². The second-order valence-corrected chi connectivity index (χ2v) is 10.6. The van der Waals surface area contributed by atoms with Crippen molar-refractivity contribution >= 4 is 43.9 Å². The van der Waals surface area contributed by atoms with Crippen molar-refractivity contribution in [2.75, 3.05) is 17.1 Å². The lowest BCUT2D eigenvalue weighted by Crippen LogP contribution is -2.15. The fraction of sp³-hybridized carbons (Fsp3) is 0.250. The molecule has 2 aromatic carbocycles. The molecule has 0 atom stereocenters. The van der Waals surface area contributed by atoms with E-state index >= 15 is 0 Å². The Balaban J connectivity index is 1.51. The maximum Gasteiger partial charge on any atom is 0.341 e. The third-order valence-corrected chi connectivity index (χ3v) is 8.12. The quantitative estimate of drug-likeness (QED) is 0.491. The van der Waals surface area contributed by atoms with Crippen molar-refractivity contribution in [3.63, 3.8) is 0 Å². The topological polar surface area (TPSA) is 102 Å². The Labute approximate surface area is 196 Å². The van der Waals surface area contributed by atoms with Crippen LogP contribution in [-0.2, 0) is 27.6 Å². The van der Waals surface area contributed by atoms with Crippen molar-refractivity contribution in [3.8, 4) is 0 Å². The van der Waals surface area contributed by atoms with E-state index in [1.54, 1.807) is 24.3 Å². The standard InChI is InChI=1S/C24H24N2O5S2/c1-15-7-13-18(14-8-15)33(29,30)26-17-11-9-16(10-12-17)22(27)25-23-21(24(28)31-2)19-5-3-4-6-20(19)32-23/h7-14,26H,3-6H2,1-2H3,(H,25,27). The molecule has 3 aromatic rings. The summed E-state index contributed by atoms with van der Waals surface area (Å²) in [6.45, 7) is 1.88. The molecule has 1 amide bonds. The summed E-state index contributed by atoms with van der Waals surface area (Å²) in [4.78, 5) is 26.5. The molecular formula is C24H24N2O5S2. The van der Waals surface area contributed by atoms with Crippen molar-refractivity contribution < 1.29 is 22.7 Å². The number of thiophene rings is 1. The third kappa shape index (κ3) is 4.94. The Hall–Kier alpha value is -3.17. The number of carbonyl (C=O) groups excluding carboxylic acids is 2. The number of hydrogen-bond donors (Lipinski definition) is 2. The smallest absolute Gasteiger partial charge is 0.341 e. The van der Waals surface area contributed by atoms with E-state index in [4.69, 9.17) is 4.74 Å². The van der Waals surface area contributed by atoms with Crippen LogP contribution in [-0.4, -0.2) is 27.4 Å². The number of ether oxygens (including phenoxy) is 1. The van der Waals surface area contributed by atoms with Crippen molar-refractivity contribution in [1.82, 2.24) is 0 Å². The summed E-state index contributed by atoms with van der Waals surface area (Å²) in [6.07, 6.45) is 3.74. The first-order valence-corrected chi connectivity index (χ1v) is 12.8. The number of sulfonamides is 1. The van der Waals surface area contributed by atoms with Gasteiger partial charge in [0, 0.05) is 16.1 Å². The second-order valence-electron chi connectivity index (χ2n) is 7.86. The summed E-state index contributed by atoms with van der Waals surface area (Å²) in [6, 6.07) is 12.7. The number of rotatable bonds is 6. The Kier molecular flexibility index (Phi) is 6.53. The summed E-state index contributed by atoms with van der Waals surface area (Å²) in [7, 11) is -2.40. The van der Waals surface area contributed by atoms with Crippen molar-refractivity contribution in [2.45, 2.75) is 37.5 Å². The average molecular weight is 485 g/mol. The highest BCUT2D eigenvalue weighted by Gasteiger charge is 2.27. The number of aryl methyl sites for hydroxylation is 2. The molecular weight excluding hydrogens is 460 g/mol. The molecule has 1 heterocycles. The lowest BCUT2D eigenvalue weighted by molar-refractivity contribution is 0.0601. The molecule has 1 aromatic heterocycles. The fourth-order valence-corrected chi connectivity index (χ4v) is 6.10. The SMILES string of the molecule is COC(=O)c1c(NC(=O)c2ccc(NS(=O)(=O)c3ccc(C)cc3)cc2)sc2c1CCCC2. The van der Waals surface area contributed by atoms with Gasteiger partial charge in [0.1, 0.15) is 5.00 Å². The van der Waals surface area contributed by atoms with Gasteiger partial charge in [-0.2, -0.15) is 0 Å². The van der Waals surface area contributed by atoms with Gasteiger partial charge in [-0.3, -0.25) is 9.52 Å². The number of amides is 1. The van der Waals surface area contributed by atoms with E-state index < -0.39 is 16.0 Å². The van der Waals surface area contributed by atoms with E-state index in [0.717, 1.165) is 41.7 Å².